The van der Waals surface area contributed by atoms with E-state index < -0.39 is 0 Å². The van der Waals surface area contributed by atoms with Crippen LogP contribution < -0.4 is 5.56 Å². The van der Waals surface area contributed by atoms with Crippen LogP contribution in [0.3, 0.4) is 0 Å². The molecule has 1 N–H and O–H groups in total. The van der Waals surface area contributed by atoms with Gasteiger partial charge in [-0.25, -0.2) is 4.98 Å². The number of aryl methyl sites for hydroxylation is 1. The molecular weight excluding hydrogens is 376 g/mol. The van der Waals surface area contributed by atoms with Crippen LogP contribution in [0.2, 0.25) is 0 Å². The Bertz CT molecular complexity index is 980. The van der Waals surface area contributed by atoms with E-state index in [2.05, 4.69) is 4.98 Å². The summed E-state index contributed by atoms with van der Waals surface area (Å²) in [6.07, 6.45) is 2.73. The molecule has 2 aromatic heterocycles. The van der Waals surface area contributed by atoms with Crippen molar-refractivity contribution in [3.05, 3.63) is 49.3 Å². The van der Waals surface area contributed by atoms with Gasteiger partial charge >= 0.3 is 0 Å². The number of likely N-dealkylation sites (tertiary alicyclic amines) is 1. The molecule has 0 spiro atoms. The maximum atomic E-state index is 12.8. The number of H-pyrrole nitrogens is 1. The fraction of sp³-hybridized carbons (Fsp3) is 0.500. The number of carbonyl (C=O) groups is 2. The summed E-state index contributed by atoms with van der Waals surface area (Å²) in [7, 11) is 0. The molecule has 0 bridgehead atoms. The molecule has 1 fully saturated rings. The summed E-state index contributed by atoms with van der Waals surface area (Å²) in [5.41, 5.74) is 1.11. The van der Waals surface area contributed by atoms with Gasteiger partial charge in [0.1, 0.15) is 5.82 Å². The molecule has 2 aliphatic rings. The van der Waals surface area contributed by atoms with Gasteiger partial charge in [-0.3, -0.25) is 14.4 Å². The second kappa shape index (κ2) is 7.50. The minimum Gasteiger partial charge on any atom is -0.333 e. The predicted octanol–water partition coefficient (Wildman–Crippen LogP) is 2.41. The van der Waals surface area contributed by atoms with Gasteiger partial charge in [0, 0.05) is 30.8 Å². The Hall–Kier alpha value is -2.48. The average molecular weight is 401 g/mol. The normalized spacial score (nSPS) is 19.0. The monoisotopic (exact) mass is 400 g/mol. The first-order valence-corrected chi connectivity index (χ1v) is 10.6. The summed E-state index contributed by atoms with van der Waals surface area (Å²) in [4.78, 5) is 50.6. The van der Waals surface area contributed by atoms with Crippen molar-refractivity contribution in [1.29, 1.82) is 0 Å². The number of hydrogen-bond donors (Lipinski definition) is 1. The largest absolute Gasteiger partial charge is 0.333 e. The van der Waals surface area contributed by atoms with Crippen LogP contribution >= 0.6 is 11.3 Å². The Morgan fingerprint density at radius 3 is 2.86 bits per heavy atom. The van der Waals surface area contributed by atoms with Gasteiger partial charge in [0.05, 0.1) is 28.7 Å². The number of carbonyl (C=O) groups excluding carboxylic acids is 2. The number of fused-ring (bicyclic) bond motifs is 1. The molecule has 0 unspecified atom stereocenters. The Balaban J connectivity index is 1.58. The van der Waals surface area contributed by atoms with Crippen LogP contribution in [0.5, 0.6) is 0 Å². The molecule has 0 aromatic carbocycles. The van der Waals surface area contributed by atoms with Crippen molar-refractivity contribution in [3.63, 3.8) is 0 Å². The molecular formula is C20H24N4O3S. The predicted molar refractivity (Wildman–Crippen MR) is 106 cm³/mol. The van der Waals surface area contributed by atoms with Crippen LogP contribution in [0, 0.1) is 6.92 Å². The Morgan fingerprint density at radius 1 is 1.32 bits per heavy atom. The molecule has 2 amide bonds. The molecule has 0 aliphatic carbocycles. The van der Waals surface area contributed by atoms with E-state index in [1.54, 1.807) is 4.90 Å². The van der Waals surface area contributed by atoms with Gasteiger partial charge in [-0.2, -0.15) is 0 Å². The number of thiophene rings is 1. The Morgan fingerprint density at radius 2 is 2.14 bits per heavy atom. The molecule has 0 saturated carbocycles. The molecule has 1 saturated heterocycles. The number of aromatic amines is 1. The number of rotatable bonds is 3. The van der Waals surface area contributed by atoms with Gasteiger partial charge < -0.3 is 14.8 Å². The maximum absolute atomic E-state index is 12.8. The van der Waals surface area contributed by atoms with Gasteiger partial charge in [0.25, 0.3) is 11.5 Å². The number of nitrogens with one attached hydrogen (secondary N) is 1. The Labute approximate surface area is 167 Å². The van der Waals surface area contributed by atoms with E-state index in [0.29, 0.717) is 42.2 Å². The minimum atomic E-state index is -0.198. The van der Waals surface area contributed by atoms with E-state index in [9.17, 15) is 14.4 Å². The number of aromatic nitrogens is 2. The van der Waals surface area contributed by atoms with Crippen molar-refractivity contribution in [2.75, 3.05) is 13.1 Å². The number of nitrogens with zero attached hydrogens (tertiary/aromatic N) is 3. The number of hydrogen-bond acceptors (Lipinski definition) is 5. The summed E-state index contributed by atoms with van der Waals surface area (Å²) < 4.78 is 0. The second-order valence-corrected chi connectivity index (χ2v) is 8.65. The van der Waals surface area contributed by atoms with E-state index in [4.69, 9.17) is 4.98 Å². The molecule has 4 heterocycles. The summed E-state index contributed by atoms with van der Waals surface area (Å²) in [6, 6.07) is 3.61. The lowest BCUT2D eigenvalue weighted by Crippen LogP contribution is -2.40. The fourth-order valence-corrected chi connectivity index (χ4v) is 4.87. The lowest BCUT2D eigenvalue weighted by Gasteiger charge is -2.29. The van der Waals surface area contributed by atoms with Crippen LogP contribution in [0.15, 0.2) is 16.9 Å². The first-order valence-electron chi connectivity index (χ1n) is 9.75. The quantitative estimate of drug-likeness (QED) is 0.857. The molecule has 2 aliphatic heterocycles. The van der Waals surface area contributed by atoms with Gasteiger partial charge in [0.15, 0.2) is 0 Å². The first-order chi connectivity index (χ1) is 13.5. The third-order valence-corrected chi connectivity index (χ3v) is 6.51. The highest BCUT2D eigenvalue weighted by Crippen LogP contribution is 2.30. The van der Waals surface area contributed by atoms with Crippen LogP contribution in [-0.4, -0.2) is 44.7 Å². The fourth-order valence-electron chi connectivity index (χ4n) is 4.03. The molecule has 1 atom stereocenters. The molecule has 4 rings (SSSR count). The molecule has 8 heteroatoms. The average Bonchev–Trinajstić information content (AvgIpc) is 3.35. The molecule has 28 heavy (non-hydrogen) atoms. The van der Waals surface area contributed by atoms with Crippen molar-refractivity contribution >= 4 is 23.2 Å². The summed E-state index contributed by atoms with van der Waals surface area (Å²) in [5, 5.41) is 0. The van der Waals surface area contributed by atoms with Crippen LogP contribution in [0.4, 0.5) is 0 Å². The zero-order valence-electron chi connectivity index (χ0n) is 16.2. The van der Waals surface area contributed by atoms with Gasteiger partial charge in [0.2, 0.25) is 5.91 Å². The minimum absolute atomic E-state index is 0.0391. The molecule has 0 radical (unpaired) electrons. The molecule has 148 valence electrons. The summed E-state index contributed by atoms with van der Waals surface area (Å²) >= 11 is 1.47. The third kappa shape index (κ3) is 3.37. The lowest BCUT2D eigenvalue weighted by atomic mass is 10.1. The van der Waals surface area contributed by atoms with Gasteiger partial charge in [-0.1, -0.05) is 6.92 Å². The standard InChI is InChI=1S/C20H24N4O3S/c1-3-17(25)24-9-4-5-15(24)18-21-14-8-10-23(11-13(14)19(26)22-18)20(27)16-7-6-12(2)28-16/h6-7,15H,3-5,8-11H2,1-2H3,(H,21,22,26)/t15-/m1/s1. The van der Waals surface area contributed by atoms with Crippen molar-refractivity contribution in [2.24, 2.45) is 0 Å². The summed E-state index contributed by atoms with van der Waals surface area (Å²) in [5.74, 6) is 0.630. The molecule has 7 nitrogen and oxygen atoms in total. The molecule has 2 aromatic rings. The smallest absolute Gasteiger partial charge is 0.264 e. The second-order valence-electron chi connectivity index (χ2n) is 7.36. The highest BCUT2D eigenvalue weighted by Gasteiger charge is 2.33. The van der Waals surface area contributed by atoms with Crippen LogP contribution in [0.1, 0.15) is 63.9 Å². The Kier molecular flexibility index (Phi) is 5.05. The van der Waals surface area contributed by atoms with Crippen LogP contribution in [0.25, 0.3) is 0 Å². The highest BCUT2D eigenvalue weighted by molar-refractivity contribution is 7.13. The first kappa shape index (κ1) is 18.9. The van der Waals surface area contributed by atoms with Crippen molar-refractivity contribution < 1.29 is 9.59 Å². The van der Waals surface area contributed by atoms with Gasteiger partial charge in [-0.15, -0.1) is 11.3 Å². The van der Waals surface area contributed by atoms with Crippen LogP contribution in [-0.2, 0) is 17.8 Å². The lowest BCUT2D eigenvalue weighted by molar-refractivity contribution is -0.131. The van der Waals surface area contributed by atoms with E-state index in [1.165, 1.54) is 11.3 Å². The van der Waals surface area contributed by atoms with Crippen molar-refractivity contribution in [2.45, 2.75) is 52.1 Å². The van der Waals surface area contributed by atoms with Crippen molar-refractivity contribution in [1.82, 2.24) is 19.8 Å². The third-order valence-electron chi connectivity index (χ3n) is 5.52. The SMILES string of the molecule is CCC(=O)N1CCC[C@@H]1c1nc2c(c(=O)[nH]1)CN(C(=O)c1ccc(C)s1)CC2. The summed E-state index contributed by atoms with van der Waals surface area (Å²) in [6.45, 7) is 5.34. The van der Waals surface area contributed by atoms with Gasteiger partial charge in [-0.05, 0) is 31.9 Å². The van der Waals surface area contributed by atoms with Crippen molar-refractivity contribution in [3.8, 4) is 0 Å². The zero-order chi connectivity index (χ0) is 19.8. The van der Waals surface area contributed by atoms with E-state index in [-0.39, 0.29) is 30.0 Å². The van der Waals surface area contributed by atoms with E-state index in [0.717, 1.165) is 23.4 Å². The highest BCUT2D eigenvalue weighted by atomic mass is 32.1. The topological polar surface area (TPSA) is 86.4 Å². The zero-order valence-corrected chi connectivity index (χ0v) is 17.0. The van der Waals surface area contributed by atoms with E-state index >= 15 is 0 Å². The number of amides is 2. The van der Waals surface area contributed by atoms with E-state index in [1.807, 2.05) is 30.9 Å². The maximum Gasteiger partial charge on any atom is 0.264 e.